The van der Waals surface area contributed by atoms with E-state index in [9.17, 15) is 43.2 Å². The third-order valence-electron chi connectivity index (χ3n) is 17.4. The number of phosphoric ester groups is 2. The van der Waals surface area contributed by atoms with Crippen molar-refractivity contribution in [3.8, 4) is 0 Å². The summed E-state index contributed by atoms with van der Waals surface area (Å²) in [7, 11) is -9.91. The third kappa shape index (κ3) is 67.0. The van der Waals surface area contributed by atoms with E-state index in [0.717, 1.165) is 115 Å². The molecule has 0 aromatic rings. The molecule has 0 bridgehead atoms. The van der Waals surface area contributed by atoms with E-state index >= 15 is 0 Å². The predicted octanol–water partition coefficient (Wildman–Crippen LogP) is 21.3. The van der Waals surface area contributed by atoms with Gasteiger partial charge in [-0.2, -0.15) is 0 Å². The van der Waals surface area contributed by atoms with Gasteiger partial charge in [-0.15, -0.1) is 0 Å². The average Bonchev–Trinajstić information content (AvgIpc) is 2.60. The summed E-state index contributed by atoms with van der Waals surface area (Å²) in [6.07, 6.45) is 47.6. The summed E-state index contributed by atoms with van der Waals surface area (Å²) < 4.78 is 68.3. The van der Waals surface area contributed by atoms with Crippen LogP contribution < -0.4 is 0 Å². The van der Waals surface area contributed by atoms with Crippen LogP contribution in [0.25, 0.3) is 0 Å². The topological polar surface area (TPSA) is 237 Å². The molecule has 93 heavy (non-hydrogen) atoms. The van der Waals surface area contributed by atoms with Gasteiger partial charge in [0.25, 0.3) is 0 Å². The van der Waals surface area contributed by atoms with Crippen LogP contribution >= 0.6 is 15.6 Å². The van der Waals surface area contributed by atoms with Crippen molar-refractivity contribution >= 4 is 39.5 Å². The molecule has 0 saturated carbocycles. The minimum Gasteiger partial charge on any atom is -0.462 e. The highest BCUT2D eigenvalue weighted by molar-refractivity contribution is 7.47. The zero-order valence-electron chi connectivity index (χ0n) is 60.9. The molecule has 0 radical (unpaired) electrons. The Labute approximate surface area is 568 Å². The molecule has 0 heterocycles. The quantitative estimate of drug-likeness (QED) is 0.0222. The number of hydrogen-bond donors (Lipinski definition) is 3. The zero-order chi connectivity index (χ0) is 68.9. The number of hydrogen-bond acceptors (Lipinski definition) is 15. The number of aliphatic hydroxyl groups is 1. The summed E-state index contributed by atoms with van der Waals surface area (Å²) in [5.41, 5.74) is 0. The van der Waals surface area contributed by atoms with Gasteiger partial charge in [-0.25, -0.2) is 9.13 Å². The molecular weight excluding hydrogens is 1220 g/mol. The minimum atomic E-state index is -4.95. The van der Waals surface area contributed by atoms with Crippen LogP contribution in [0.4, 0.5) is 0 Å². The van der Waals surface area contributed by atoms with Crippen molar-refractivity contribution in [2.75, 3.05) is 39.6 Å². The van der Waals surface area contributed by atoms with E-state index < -0.39 is 97.5 Å². The van der Waals surface area contributed by atoms with E-state index in [1.54, 1.807) is 0 Å². The van der Waals surface area contributed by atoms with Gasteiger partial charge in [0, 0.05) is 25.7 Å². The number of rotatable bonds is 71. The number of aliphatic hydroxyl groups excluding tert-OH is 1. The Morgan fingerprint density at radius 1 is 0.301 bits per heavy atom. The smallest absolute Gasteiger partial charge is 0.462 e. The lowest BCUT2D eigenvalue weighted by atomic mass is 9.99. The molecule has 0 aromatic carbocycles. The highest BCUT2D eigenvalue weighted by Gasteiger charge is 2.30. The maximum Gasteiger partial charge on any atom is 0.472 e. The van der Waals surface area contributed by atoms with Crippen molar-refractivity contribution in [1.29, 1.82) is 0 Å². The molecule has 0 aliphatic heterocycles. The second-order valence-corrected chi connectivity index (χ2v) is 31.3. The SMILES string of the molecule is CCC(C)CCCCCCCCCCCCC(=O)O[C@H](COC(=O)CCCCCCCCC(C)C)COP(=O)(O)OCC(O)COP(=O)(O)OC[C@@H](COC(=O)CCCCCCCCC(C)C)OC(=O)CCCCCCCCCCCCCCCCCCCCC(C)C. The molecule has 0 aromatic heterocycles. The third-order valence-corrected chi connectivity index (χ3v) is 19.3. The molecule has 552 valence electrons. The van der Waals surface area contributed by atoms with Gasteiger partial charge < -0.3 is 33.8 Å². The second-order valence-electron chi connectivity index (χ2n) is 28.4. The molecule has 0 fully saturated rings. The molecule has 17 nitrogen and oxygen atoms in total. The fraction of sp³-hybridized carbons (Fsp3) is 0.946. The Balaban J connectivity index is 5.15. The number of unbranched alkanes of at least 4 members (excludes halogenated alkanes) is 36. The van der Waals surface area contributed by atoms with E-state index in [1.165, 1.54) is 161 Å². The van der Waals surface area contributed by atoms with Gasteiger partial charge in [0.05, 0.1) is 26.4 Å². The molecule has 0 saturated heterocycles. The Hall–Kier alpha value is -1.94. The second kappa shape index (κ2) is 63.5. The fourth-order valence-corrected chi connectivity index (χ4v) is 12.7. The number of phosphoric acid groups is 2. The molecule has 0 spiro atoms. The van der Waals surface area contributed by atoms with E-state index in [-0.39, 0.29) is 25.7 Å². The van der Waals surface area contributed by atoms with Crippen molar-refractivity contribution in [2.24, 2.45) is 23.7 Å². The Kier molecular flexibility index (Phi) is 62.2. The van der Waals surface area contributed by atoms with Gasteiger partial charge in [0.15, 0.2) is 12.2 Å². The molecule has 4 unspecified atom stereocenters. The van der Waals surface area contributed by atoms with E-state index in [1.807, 2.05) is 0 Å². The summed E-state index contributed by atoms with van der Waals surface area (Å²) in [4.78, 5) is 72.6. The summed E-state index contributed by atoms with van der Waals surface area (Å²) in [5.74, 6) is 0.853. The van der Waals surface area contributed by atoms with Gasteiger partial charge in [-0.1, -0.05) is 319 Å². The van der Waals surface area contributed by atoms with Gasteiger partial charge in [-0.05, 0) is 49.4 Å². The summed E-state index contributed by atoms with van der Waals surface area (Å²) in [5, 5.41) is 10.6. The number of ether oxygens (including phenoxy) is 4. The molecule has 0 aliphatic rings. The Morgan fingerprint density at radius 3 is 0.763 bits per heavy atom. The van der Waals surface area contributed by atoms with E-state index in [0.29, 0.717) is 37.5 Å². The lowest BCUT2D eigenvalue weighted by molar-refractivity contribution is -0.161. The maximum absolute atomic E-state index is 13.0. The van der Waals surface area contributed by atoms with E-state index in [2.05, 4.69) is 55.4 Å². The molecule has 19 heteroatoms. The predicted molar refractivity (Wildman–Crippen MR) is 377 cm³/mol. The first-order valence-electron chi connectivity index (χ1n) is 38.2. The van der Waals surface area contributed by atoms with Crippen LogP contribution in [-0.4, -0.2) is 96.7 Å². The Morgan fingerprint density at radius 2 is 0.516 bits per heavy atom. The first-order chi connectivity index (χ1) is 44.6. The van der Waals surface area contributed by atoms with Crippen molar-refractivity contribution < 1.29 is 80.2 Å². The highest BCUT2D eigenvalue weighted by atomic mass is 31.2. The first-order valence-corrected chi connectivity index (χ1v) is 41.2. The fourth-order valence-electron chi connectivity index (χ4n) is 11.2. The average molecular weight is 1370 g/mol. The van der Waals surface area contributed by atoms with Crippen molar-refractivity contribution in [3.05, 3.63) is 0 Å². The van der Waals surface area contributed by atoms with Crippen LogP contribution in [0.1, 0.15) is 370 Å². The lowest BCUT2D eigenvalue weighted by Gasteiger charge is -2.21. The zero-order valence-corrected chi connectivity index (χ0v) is 62.7. The summed E-state index contributed by atoms with van der Waals surface area (Å²) in [6, 6.07) is 0. The van der Waals surface area contributed by atoms with Gasteiger partial charge in [0.2, 0.25) is 0 Å². The first kappa shape index (κ1) is 91.1. The van der Waals surface area contributed by atoms with Crippen LogP contribution in [-0.2, 0) is 65.4 Å². The summed E-state index contributed by atoms with van der Waals surface area (Å²) >= 11 is 0. The number of esters is 4. The molecule has 0 amide bonds. The lowest BCUT2D eigenvalue weighted by Crippen LogP contribution is -2.30. The standard InChI is InChI=1S/C74H144O17P2/c1-9-67(8)53-45-37-27-23-20-21-25-29-41-49-57-74(79)91-70(61-85-72(77)55-47-39-33-31-36-44-52-66(6)7)63-89-93(82,83)87-59-68(75)58-86-92(80,81)88-62-69(60-84-71(76)54-46-38-32-30-35-43-51-65(4)5)90-73(78)56-48-40-28-24-19-17-15-13-11-10-12-14-16-18-22-26-34-42-50-64(2)3/h64-70,75H,9-63H2,1-8H3,(H,80,81)(H,82,83)/t67?,68?,69-,70-/m1/s1. The van der Waals surface area contributed by atoms with Crippen LogP contribution in [0, 0.1) is 23.7 Å². The molecule has 0 aliphatic carbocycles. The van der Waals surface area contributed by atoms with Gasteiger partial charge in [-0.3, -0.25) is 37.3 Å². The van der Waals surface area contributed by atoms with Crippen LogP contribution in [0.2, 0.25) is 0 Å². The highest BCUT2D eigenvalue weighted by Crippen LogP contribution is 2.45. The van der Waals surface area contributed by atoms with Crippen molar-refractivity contribution in [3.63, 3.8) is 0 Å². The van der Waals surface area contributed by atoms with Gasteiger partial charge >= 0.3 is 39.5 Å². The molecule has 3 N–H and O–H groups in total. The van der Waals surface area contributed by atoms with Crippen LogP contribution in [0.5, 0.6) is 0 Å². The summed E-state index contributed by atoms with van der Waals surface area (Å²) in [6.45, 7) is 14.1. The normalized spacial score (nSPS) is 14.5. The molecule has 6 atom stereocenters. The number of carbonyl (C=O) groups excluding carboxylic acids is 4. The van der Waals surface area contributed by atoms with E-state index in [4.69, 9.17) is 37.0 Å². The van der Waals surface area contributed by atoms with Crippen LogP contribution in [0.3, 0.4) is 0 Å². The Bertz CT molecular complexity index is 1840. The monoisotopic (exact) mass is 1370 g/mol. The molecule has 0 rings (SSSR count). The van der Waals surface area contributed by atoms with Crippen molar-refractivity contribution in [1.82, 2.24) is 0 Å². The van der Waals surface area contributed by atoms with Crippen molar-refractivity contribution in [2.45, 2.75) is 388 Å². The van der Waals surface area contributed by atoms with Crippen LogP contribution in [0.15, 0.2) is 0 Å². The largest absolute Gasteiger partial charge is 0.472 e. The minimum absolute atomic E-state index is 0.105. The maximum atomic E-state index is 13.0. The molecular formula is C74H144O17P2. The van der Waals surface area contributed by atoms with Gasteiger partial charge in [0.1, 0.15) is 19.3 Å². The number of carbonyl (C=O) groups is 4.